The second kappa shape index (κ2) is 7.65. The van der Waals surface area contributed by atoms with E-state index in [1.54, 1.807) is 0 Å². The SMILES string of the molecule is O=C(NC1CCN(c2ccccc2)C1)N1CCN(C2CCCC2)CC1. The van der Waals surface area contributed by atoms with Gasteiger partial charge in [0.2, 0.25) is 0 Å². The summed E-state index contributed by atoms with van der Waals surface area (Å²) in [5.41, 5.74) is 1.25. The van der Waals surface area contributed by atoms with E-state index in [-0.39, 0.29) is 12.1 Å². The summed E-state index contributed by atoms with van der Waals surface area (Å²) in [5, 5.41) is 3.26. The van der Waals surface area contributed by atoms with Gasteiger partial charge in [-0.2, -0.15) is 0 Å². The lowest BCUT2D eigenvalue weighted by Crippen LogP contribution is -2.55. The van der Waals surface area contributed by atoms with Gasteiger partial charge in [0.25, 0.3) is 0 Å². The minimum absolute atomic E-state index is 0.131. The summed E-state index contributed by atoms with van der Waals surface area (Å²) in [6, 6.07) is 11.7. The molecule has 1 aromatic rings. The largest absolute Gasteiger partial charge is 0.369 e. The average molecular weight is 342 g/mol. The Morgan fingerprint density at radius 3 is 2.36 bits per heavy atom. The van der Waals surface area contributed by atoms with E-state index in [4.69, 9.17) is 0 Å². The number of para-hydroxylation sites is 1. The third kappa shape index (κ3) is 3.92. The van der Waals surface area contributed by atoms with Gasteiger partial charge >= 0.3 is 6.03 Å². The van der Waals surface area contributed by atoms with E-state index in [2.05, 4.69) is 39.4 Å². The maximum absolute atomic E-state index is 12.6. The molecule has 2 aliphatic heterocycles. The number of hydrogen-bond donors (Lipinski definition) is 1. The highest BCUT2D eigenvalue weighted by Crippen LogP contribution is 2.24. The molecule has 5 nitrogen and oxygen atoms in total. The van der Waals surface area contributed by atoms with Crippen LogP contribution in [0.3, 0.4) is 0 Å². The van der Waals surface area contributed by atoms with E-state index >= 15 is 0 Å². The monoisotopic (exact) mass is 342 g/mol. The van der Waals surface area contributed by atoms with E-state index in [1.807, 2.05) is 11.0 Å². The molecule has 5 heteroatoms. The van der Waals surface area contributed by atoms with Crippen LogP contribution in [-0.2, 0) is 0 Å². The van der Waals surface area contributed by atoms with Crippen LogP contribution in [-0.4, -0.2) is 67.2 Å². The zero-order valence-electron chi connectivity index (χ0n) is 15.1. The highest BCUT2D eigenvalue weighted by molar-refractivity contribution is 5.75. The molecule has 3 aliphatic rings. The van der Waals surface area contributed by atoms with Gasteiger partial charge in [0.1, 0.15) is 0 Å². The van der Waals surface area contributed by atoms with Crippen LogP contribution in [0.1, 0.15) is 32.1 Å². The van der Waals surface area contributed by atoms with Crippen molar-refractivity contribution < 1.29 is 4.79 Å². The first-order valence-electron chi connectivity index (χ1n) is 9.89. The second-order valence-electron chi connectivity index (χ2n) is 7.68. The zero-order valence-corrected chi connectivity index (χ0v) is 15.1. The van der Waals surface area contributed by atoms with Crippen molar-refractivity contribution in [1.82, 2.24) is 15.1 Å². The molecule has 1 aliphatic carbocycles. The number of carbonyl (C=O) groups is 1. The van der Waals surface area contributed by atoms with Crippen molar-refractivity contribution in [2.45, 2.75) is 44.2 Å². The molecule has 1 N–H and O–H groups in total. The van der Waals surface area contributed by atoms with Crippen molar-refractivity contribution >= 4 is 11.7 Å². The predicted molar refractivity (Wildman–Crippen MR) is 101 cm³/mol. The first kappa shape index (κ1) is 16.7. The maximum Gasteiger partial charge on any atom is 0.317 e. The number of anilines is 1. The summed E-state index contributed by atoms with van der Waals surface area (Å²) >= 11 is 0. The highest BCUT2D eigenvalue weighted by atomic mass is 16.2. The fraction of sp³-hybridized carbons (Fsp3) is 0.650. The number of piperazine rings is 1. The van der Waals surface area contributed by atoms with Crippen LogP contribution < -0.4 is 10.2 Å². The van der Waals surface area contributed by atoms with Crippen molar-refractivity contribution in [3.63, 3.8) is 0 Å². The third-order valence-corrected chi connectivity index (χ3v) is 6.08. The highest BCUT2D eigenvalue weighted by Gasteiger charge is 2.30. The molecule has 0 bridgehead atoms. The van der Waals surface area contributed by atoms with Crippen LogP contribution in [0.5, 0.6) is 0 Å². The van der Waals surface area contributed by atoms with Crippen LogP contribution in [0.2, 0.25) is 0 Å². The van der Waals surface area contributed by atoms with Crippen LogP contribution in [0, 0.1) is 0 Å². The Balaban J connectivity index is 1.23. The summed E-state index contributed by atoms with van der Waals surface area (Å²) in [6.45, 7) is 5.76. The molecule has 2 heterocycles. The number of rotatable bonds is 3. The van der Waals surface area contributed by atoms with Gasteiger partial charge in [-0.1, -0.05) is 31.0 Å². The molecular formula is C20H30N4O. The first-order chi connectivity index (χ1) is 12.3. The fourth-order valence-electron chi connectivity index (χ4n) is 4.58. The molecule has 1 aromatic carbocycles. The molecule has 1 saturated carbocycles. The molecule has 1 atom stereocenters. The van der Waals surface area contributed by atoms with Gasteiger partial charge in [0, 0.05) is 57.0 Å². The minimum atomic E-state index is 0.131. The maximum atomic E-state index is 12.6. The molecular weight excluding hydrogens is 312 g/mol. The van der Waals surface area contributed by atoms with Crippen molar-refractivity contribution in [3.05, 3.63) is 30.3 Å². The molecule has 4 rings (SSSR count). The lowest BCUT2D eigenvalue weighted by Gasteiger charge is -2.38. The molecule has 0 spiro atoms. The number of amides is 2. The van der Waals surface area contributed by atoms with E-state index in [0.29, 0.717) is 0 Å². The predicted octanol–water partition coefficient (Wildman–Crippen LogP) is 2.54. The topological polar surface area (TPSA) is 38.8 Å². The Kier molecular flexibility index (Phi) is 5.11. The van der Waals surface area contributed by atoms with Crippen molar-refractivity contribution in [3.8, 4) is 0 Å². The summed E-state index contributed by atoms with van der Waals surface area (Å²) in [6.07, 6.45) is 6.49. The Hall–Kier alpha value is -1.75. The van der Waals surface area contributed by atoms with Gasteiger partial charge in [-0.3, -0.25) is 4.90 Å². The summed E-state index contributed by atoms with van der Waals surface area (Å²) in [4.78, 5) is 19.6. The lowest BCUT2D eigenvalue weighted by atomic mass is 10.2. The number of urea groups is 1. The Morgan fingerprint density at radius 1 is 0.920 bits per heavy atom. The summed E-state index contributed by atoms with van der Waals surface area (Å²) in [7, 11) is 0. The third-order valence-electron chi connectivity index (χ3n) is 6.08. The van der Waals surface area contributed by atoms with Gasteiger partial charge in [-0.05, 0) is 31.4 Å². The average Bonchev–Trinajstić information content (AvgIpc) is 3.35. The lowest BCUT2D eigenvalue weighted by molar-refractivity contribution is 0.108. The number of carbonyl (C=O) groups excluding carboxylic acids is 1. The van der Waals surface area contributed by atoms with Crippen LogP contribution >= 0.6 is 0 Å². The van der Waals surface area contributed by atoms with Crippen molar-refractivity contribution in [1.29, 1.82) is 0 Å². The Labute approximate surface area is 151 Å². The Bertz CT molecular complexity index is 564. The quantitative estimate of drug-likeness (QED) is 0.917. The second-order valence-corrected chi connectivity index (χ2v) is 7.68. The number of nitrogens with one attached hydrogen (secondary N) is 1. The standard InChI is InChI=1S/C20H30N4O/c25-20(23-14-12-22(13-15-23)18-8-4-5-9-18)21-17-10-11-24(16-17)19-6-2-1-3-7-19/h1-3,6-7,17-18H,4-5,8-16H2,(H,21,25). The summed E-state index contributed by atoms with van der Waals surface area (Å²) in [5.74, 6) is 0. The fourth-order valence-corrected chi connectivity index (χ4v) is 4.58. The molecule has 1 unspecified atom stereocenters. The van der Waals surface area contributed by atoms with E-state index in [1.165, 1.54) is 31.4 Å². The van der Waals surface area contributed by atoms with Crippen molar-refractivity contribution in [2.24, 2.45) is 0 Å². The molecule has 0 aromatic heterocycles. The van der Waals surface area contributed by atoms with E-state index < -0.39 is 0 Å². The van der Waals surface area contributed by atoms with Gasteiger partial charge in [0.15, 0.2) is 0 Å². The molecule has 2 amide bonds. The molecule has 0 radical (unpaired) electrons. The molecule has 136 valence electrons. The van der Waals surface area contributed by atoms with E-state index in [9.17, 15) is 4.79 Å². The normalized spacial score (nSPS) is 25.5. The van der Waals surface area contributed by atoms with Crippen LogP contribution in [0.15, 0.2) is 30.3 Å². The zero-order chi connectivity index (χ0) is 17.1. The summed E-state index contributed by atoms with van der Waals surface area (Å²) < 4.78 is 0. The van der Waals surface area contributed by atoms with Crippen molar-refractivity contribution in [2.75, 3.05) is 44.2 Å². The molecule has 3 fully saturated rings. The number of nitrogens with zero attached hydrogens (tertiary/aromatic N) is 3. The van der Waals surface area contributed by atoms with Gasteiger partial charge in [-0.25, -0.2) is 4.79 Å². The van der Waals surface area contributed by atoms with E-state index in [0.717, 1.165) is 51.7 Å². The Morgan fingerprint density at radius 2 is 1.64 bits per heavy atom. The molecule has 25 heavy (non-hydrogen) atoms. The smallest absolute Gasteiger partial charge is 0.317 e. The van der Waals surface area contributed by atoms with Gasteiger partial charge in [-0.15, -0.1) is 0 Å². The molecule has 2 saturated heterocycles. The van der Waals surface area contributed by atoms with Crippen LogP contribution in [0.4, 0.5) is 10.5 Å². The minimum Gasteiger partial charge on any atom is -0.369 e. The first-order valence-corrected chi connectivity index (χ1v) is 9.89. The number of benzene rings is 1. The van der Waals surface area contributed by atoms with Gasteiger partial charge in [0.05, 0.1) is 0 Å². The van der Waals surface area contributed by atoms with Crippen LogP contribution in [0.25, 0.3) is 0 Å². The van der Waals surface area contributed by atoms with Gasteiger partial charge < -0.3 is 15.1 Å². The number of hydrogen-bond acceptors (Lipinski definition) is 3.